The molecule has 0 atom stereocenters. The number of hydrogen-bond acceptors (Lipinski definition) is 2. The van der Waals surface area contributed by atoms with Gasteiger partial charge in [-0.15, -0.1) is 0 Å². The van der Waals surface area contributed by atoms with Gasteiger partial charge in [0, 0.05) is 10.0 Å². The Bertz CT molecular complexity index is 357. The number of carbonyl (C=O) groups excluding carboxylic acids is 1. The zero-order valence-electron chi connectivity index (χ0n) is 8.02. The van der Waals surface area contributed by atoms with Crippen LogP contribution in [0.25, 0.3) is 0 Å². The summed E-state index contributed by atoms with van der Waals surface area (Å²) in [6, 6.07) is 2.22. The van der Waals surface area contributed by atoms with Crippen LogP contribution in [-0.4, -0.2) is 12.6 Å². The lowest BCUT2D eigenvalue weighted by atomic mass is 10.1. The molecule has 0 radical (unpaired) electrons. The Kier molecular flexibility index (Phi) is 4.20. The predicted molar refractivity (Wildman–Crippen MR) is 54.4 cm³/mol. The Labute approximate surface area is 94.4 Å². The summed E-state index contributed by atoms with van der Waals surface area (Å²) in [4.78, 5) is 11.0. The molecule has 0 aliphatic rings. The van der Waals surface area contributed by atoms with Crippen molar-refractivity contribution in [2.75, 3.05) is 6.61 Å². The fourth-order valence-corrected chi connectivity index (χ4v) is 1.50. The molecular formula is C10H9BrF2O2. The van der Waals surface area contributed by atoms with Crippen LogP contribution >= 0.6 is 15.9 Å². The van der Waals surface area contributed by atoms with Gasteiger partial charge >= 0.3 is 5.97 Å². The first-order valence-corrected chi connectivity index (χ1v) is 5.13. The fourth-order valence-electron chi connectivity index (χ4n) is 1.10. The van der Waals surface area contributed by atoms with Crippen LogP contribution in [0.2, 0.25) is 0 Å². The quantitative estimate of drug-likeness (QED) is 0.795. The van der Waals surface area contributed by atoms with Crippen molar-refractivity contribution < 1.29 is 18.3 Å². The van der Waals surface area contributed by atoms with Crippen molar-refractivity contribution in [2.24, 2.45) is 0 Å². The topological polar surface area (TPSA) is 26.3 Å². The highest BCUT2D eigenvalue weighted by Gasteiger charge is 2.14. The molecule has 0 saturated heterocycles. The molecule has 0 amide bonds. The molecule has 0 spiro atoms. The Morgan fingerprint density at radius 2 is 1.93 bits per heavy atom. The molecule has 15 heavy (non-hydrogen) atoms. The minimum Gasteiger partial charge on any atom is -0.466 e. The van der Waals surface area contributed by atoms with E-state index in [1.54, 1.807) is 6.92 Å². The Morgan fingerprint density at radius 3 is 2.40 bits per heavy atom. The SMILES string of the molecule is CCOC(=O)Cc1c(F)cc(Br)cc1F. The Balaban J connectivity index is 2.90. The predicted octanol–water partition coefficient (Wildman–Crippen LogP) is 2.83. The van der Waals surface area contributed by atoms with Crippen molar-refractivity contribution in [1.82, 2.24) is 0 Å². The summed E-state index contributed by atoms with van der Waals surface area (Å²) in [7, 11) is 0. The summed E-state index contributed by atoms with van der Waals surface area (Å²) in [5, 5.41) is 0. The van der Waals surface area contributed by atoms with E-state index in [2.05, 4.69) is 20.7 Å². The molecule has 0 fully saturated rings. The van der Waals surface area contributed by atoms with Crippen molar-refractivity contribution in [3.8, 4) is 0 Å². The highest BCUT2D eigenvalue weighted by Crippen LogP contribution is 2.20. The summed E-state index contributed by atoms with van der Waals surface area (Å²) >= 11 is 2.95. The van der Waals surface area contributed by atoms with Crippen LogP contribution in [0.1, 0.15) is 12.5 Å². The Hall–Kier alpha value is -0.970. The molecule has 0 saturated carbocycles. The monoisotopic (exact) mass is 278 g/mol. The van der Waals surface area contributed by atoms with E-state index in [1.165, 1.54) is 0 Å². The number of rotatable bonds is 3. The number of carbonyl (C=O) groups is 1. The van der Waals surface area contributed by atoms with Gasteiger partial charge in [0.15, 0.2) is 0 Å². The first-order valence-electron chi connectivity index (χ1n) is 4.33. The van der Waals surface area contributed by atoms with Gasteiger partial charge in [-0.05, 0) is 19.1 Å². The van der Waals surface area contributed by atoms with Crippen molar-refractivity contribution in [1.29, 1.82) is 0 Å². The van der Waals surface area contributed by atoms with Crippen LogP contribution < -0.4 is 0 Å². The molecule has 0 aliphatic heterocycles. The largest absolute Gasteiger partial charge is 0.466 e. The molecule has 0 bridgehead atoms. The number of halogens is 3. The van der Waals surface area contributed by atoms with Crippen molar-refractivity contribution in [3.63, 3.8) is 0 Å². The van der Waals surface area contributed by atoms with Gasteiger partial charge in [-0.2, -0.15) is 0 Å². The van der Waals surface area contributed by atoms with Gasteiger partial charge in [0.05, 0.1) is 13.0 Å². The van der Waals surface area contributed by atoms with Gasteiger partial charge in [-0.25, -0.2) is 8.78 Å². The molecule has 82 valence electrons. The third kappa shape index (κ3) is 3.27. The molecule has 0 aromatic heterocycles. The lowest BCUT2D eigenvalue weighted by Gasteiger charge is -2.05. The van der Waals surface area contributed by atoms with Crippen molar-refractivity contribution >= 4 is 21.9 Å². The average Bonchev–Trinajstić information content (AvgIpc) is 2.11. The van der Waals surface area contributed by atoms with Crippen LogP contribution in [0, 0.1) is 11.6 Å². The average molecular weight is 279 g/mol. The van der Waals surface area contributed by atoms with Gasteiger partial charge in [0.25, 0.3) is 0 Å². The number of esters is 1. The highest BCUT2D eigenvalue weighted by atomic mass is 79.9. The standard InChI is InChI=1S/C10H9BrF2O2/c1-2-15-10(14)5-7-8(12)3-6(11)4-9(7)13/h3-4H,2,5H2,1H3. The summed E-state index contributed by atoms with van der Waals surface area (Å²) in [6.07, 6.45) is -0.390. The third-order valence-electron chi connectivity index (χ3n) is 1.73. The van der Waals surface area contributed by atoms with Crippen molar-refractivity contribution in [3.05, 3.63) is 33.8 Å². The Morgan fingerprint density at radius 1 is 1.40 bits per heavy atom. The van der Waals surface area contributed by atoms with Crippen LogP contribution in [0.4, 0.5) is 8.78 Å². The maximum absolute atomic E-state index is 13.2. The summed E-state index contributed by atoms with van der Waals surface area (Å²) in [6.45, 7) is 1.82. The minimum atomic E-state index is -0.755. The van der Waals surface area contributed by atoms with Gasteiger partial charge in [-0.3, -0.25) is 4.79 Å². The maximum Gasteiger partial charge on any atom is 0.310 e. The maximum atomic E-state index is 13.2. The van der Waals surface area contributed by atoms with Gasteiger partial charge in [0.2, 0.25) is 0 Å². The molecule has 0 aliphatic carbocycles. The molecule has 2 nitrogen and oxygen atoms in total. The second-order valence-electron chi connectivity index (χ2n) is 2.83. The highest BCUT2D eigenvalue weighted by molar-refractivity contribution is 9.10. The van der Waals surface area contributed by atoms with E-state index in [9.17, 15) is 13.6 Å². The van der Waals surface area contributed by atoms with E-state index in [-0.39, 0.29) is 12.2 Å². The van der Waals surface area contributed by atoms with Crippen molar-refractivity contribution in [2.45, 2.75) is 13.3 Å². The first-order chi connectivity index (χ1) is 7.04. The zero-order valence-corrected chi connectivity index (χ0v) is 9.61. The van der Waals surface area contributed by atoms with E-state index in [4.69, 9.17) is 0 Å². The third-order valence-corrected chi connectivity index (χ3v) is 2.19. The zero-order chi connectivity index (χ0) is 11.4. The molecule has 0 N–H and O–H groups in total. The minimum absolute atomic E-state index is 0.193. The van der Waals surface area contributed by atoms with E-state index >= 15 is 0 Å². The molecule has 1 aromatic carbocycles. The van der Waals surface area contributed by atoms with Crippen LogP contribution in [0.15, 0.2) is 16.6 Å². The van der Waals surface area contributed by atoms with Crippen LogP contribution in [-0.2, 0) is 16.0 Å². The number of ether oxygens (including phenoxy) is 1. The van der Waals surface area contributed by atoms with E-state index in [0.29, 0.717) is 4.47 Å². The summed E-state index contributed by atoms with van der Waals surface area (Å²) < 4.78 is 31.4. The second-order valence-corrected chi connectivity index (χ2v) is 3.75. The van der Waals surface area contributed by atoms with Gasteiger partial charge < -0.3 is 4.74 Å². The smallest absolute Gasteiger partial charge is 0.310 e. The van der Waals surface area contributed by atoms with Crippen LogP contribution in [0.3, 0.4) is 0 Å². The molecule has 5 heteroatoms. The van der Waals surface area contributed by atoms with Gasteiger partial charge in [-0.1, -0.05) is 15.9 Å². The number of benzene rings is 1. The van der Waals surface area contributed by atoms with Gasteiger partial charge in [0.1, 0.15) is 11.6 Å². The second kappa shape index (κ2) is 5.21. The fraction of sp³-hybridized carbons (Fsp3) is 0.300. The lowest BCUT2D eigenvalue weighted by molar-refractivity contribution is -0.142. The summed E-state index contributed by atoms with van der Waals surface area (Å²) in [5.74, 6) is -2.15. The lowest BCUT2D eigenvalue weighted by Crippen LogP contribution is -2.10. The van der Waals surface area contributed by atoms with Crippen LogP contribution in [0.5, 0.6) is 0 Å². The molecule has 1 aromatic rings. The molecule has 0 unspecified atom stereocenters. The van der Waals surface area contributed by atoms with E-state index in [1.807, 2.05) is 0 Å². The molecule has 1 rings (SSSR count). The first kappa shape index (κ1) is 12.1. The molecular weight excluding hydrogens is 270 g/mol. The molecule has 0 heterocycles. The van der Waals surface area contributed by atoms with E-state index in [0.717, 1.165) is 12.1 Å². The summed E-state index contributed by atoms with van der Waals surface area (Å²) in [5.41, 5.74) is -0.267. The van der Waals surface area contributed by atoms with E-state index < -0.39 is 24.0 Å². The normalized spacial score (nSPS) is 10.1. The number of hydrogen-bond donors (Lipinski definition) is 0.